The third kappa shape index (κ3) is 4.92. The number of hydrogen-bond donors (Lipinski definition) is 2. The van der Waals surface area contributed by atoms with Crippen molar-refractivity contribution in [3.63, 3.8) is 0 Å². The maximum absolute atomic E-state index is 12.4. The van der Waals surface area contributed by atoms with Crippen LogP contribution in [0.5, 0.6) is 0 Å². The van der Waals surface area contributed by atoms with Crippen molar-refractivity contribution in [2.75, 3.05) is 11.9 Å². The number of amides is 2. The summed E-state index contributed by atoms with van der Waals surface area (Å²) in [6.45, 7) is 3.59. The Labute approximate surface area is 179 Å². The van der Waals surface area contributed by atoms with Crippen molar-refractivity contribution in [2.45, 2.75) is 20.4 Å². The Hall–Kier alpha value is -4.07. The van der Waals surface area contributed by atoms with Crippen LogP contribution in [0.4, 0.5) is 5.69 Å². The number of carbonyl (C=O) groups is 3. The standard InChI is InChI=1S/C23H22N4O4/c1-14-17(5-4-10-24-14)12-26-22(29)18-6-8-20(25-13-18)16-7-9-21(27(3)15(2)28)19(11-16)23(30)31/h4-11,13H,12H2,1-3H3,(H,26,29)(H,30,31). The summed E-state index contributed by atoms with van der Waals surface area (Å²) in [5.41, 5.74) is 3.53. The summed E-state index contributed by atoms with van der Waals surface area (Å²) in [5.74, 6) is -1.69. The Balaban J connectivity index is 1.78. The first kappa shape index (κ1) is 21.6. The summed E-state index contributed by atoms with van der Waals surface area (Å²) in [7, 11) is 1.52. The van der Waals surface area contributed by atoms with Gasteiger partial charge in [0.1, 0.15) is 0 Å². The number of nitrogens with zero attached hydrogens (tertiary/aromatic N) is 3. The zero-order chi connectivity index (χ0) is 22.5. The van der Waals surface area contributed by atoms with Crippen LogP contribution in [0.15, 0.2) is 54.9 Å². The fourth-order valence-electron chi connectivity index (χ4n) is 3.01. The Kier molecular flexibility index (Phi) is 6.40. The van der Waals surface area contributed by atoms with Crippen LogP contribution < -0.4 is 10.2 Å². The molecule has 0 atom stereocenters. The fourth-order valence-corrected chi connectivity index (χ4v) is 3.01. The molecule has 0 aliphatic carbocycles. The molecule has 3 aromatic rings. The van der Waals surface area contributed by atoms with Crippen molar-refractivity contribution in [1.29, 1.82) is 0 Å². The van der Waals surface area contributed by atoms with E-state index in [4.69, 9.17) is 0 Å². The van der Waals surface area contributed by atoms with E-state index in [0.717, 1.165) is 11.3 Å². The summed E-state index contributed by atoms with van der Waals surface area (Å²) in [4.78, 5) is 45.5. The van der Waals surface area contributed by atoms with Gasteiger partial charge in [-0.25, -0.2) is 4.79 Å². The summed E-state index contributed by atoms with van der Waals surface area (Å²) in [5, 5.41) is 12.4. The largest absolute Gasteiger partial charge is 0.478 e. The molecule has 2 heterocycles. The van der Waals surface area contributed by atoms with Crippen LogP contribution >= 0.6 is 0 Å². The SMILES string of the molecule is CC(=O)N(C)c1ccc(-c2ccc(C(=O)NCc3cccnc3C)cn2)cc1C(=O)O. The van der Waals surface area contributed by atoms with E-state index in [1.165, 1.54) is 31.1 Å². The van der Waals surface area contributed by atoms with Crippen LogP contribution in [-0.2, 0) is 11.3 Å². The van der Waals surface area contributed by atoms with Crippen molar-refractivity contribution in [3.05, 3.63) is 77.2 Å². The van der Waals surface area contributed by atoms with Gasteiger partial charge in [0.15, 0.2) is 0 Å². The fraction of sp³-hybridized carbons (Fsp3) is 0.174. The van der Waals surface area contributed by atoms with Gasteiger partial charge in [0.25, 0.3) is 5.91 Å². The first-order valence-electron chi connectivity index (χ1n) is 9.54. The molecule has 2 amide bonds. The summed E-state index contributed by atoms with van der Waals surface area (Å²) in [6.07, 6.45) is 3.14. The quantitative estimate of drug-likeness (QED) is 0.636. The molecule has 0 radical (unpaired) electrons. The van der Waals surface area contributed by atoms with E-state index in [0.29, 0.717) is 29.1 Å². The minimum absolute atomic E-state index is 0.00865. The number of benzene rings is 1. The number of aromatic carboxylic acids is 1. The number of hydrogen-bond acceptors (Lipinski definition) is 5. The van der Waals surface area contributed by atoms with E-state index in [1.54, 1.807) is 30.5 Å². The van der Waals surface area contributed by atoms with Crippen LogP contribution in [0, 0.1) is 6.92 Å². The molecule has 0 bridgehead atoms. The van der Waals surface area contributed by atoms with Crippen molar-refractivity contribution < 1.29 is 19.5 Å². The number of carboxylic acids is 1. The van der Waals surface area contributed by atoms with Gasteiger partial charge < -0.3 is 15.3 Å². The maximum Gasteiger partial charge on any atom is 0.337 e. The molecule has 158 valence electrons. The molecule has 8 heteroatoms. The highest BCUT2D eigenvalue weighted by Gasteiger charge is 2.17. The molecule has 8 nitrogen and oxygen atoms in total. The molecule has 0 spiro atoms. The summed E-state index contributed by atoms with van der Waals surface area (Å²) < 4.78 is 0. The van der Waals surface area contributed by atoms with Crippen LogP contribution in [-0.4, -0.2) is 39.9 Å². The average molecular weight is 418 g/mol. The van der Waals surface area contributed by atoms with E-state index in [9.17, 15) is 19.5 Å². The first-order valence-corrected chi connectivity index (χ1v) is 9.54. The monoisotopic (exact) mass is 418 g/mol. The van der Waals surface area contributed by atoms with Gasteiger partial charge in [-0.2, -0.15) is 0 Å². The van der Waals surface area contributed by atoms with Gasteiger partial charge in [-0.15, -0.1) is 0 Å². The van der Waals surface area contributed by atoms with Gasteiger partial charge in [-0.1, -0.05) is 12.1 Å². The Bertz CT molecular complexity index is 1140. The highest BCUT2D eigenvalue weighted by molar-refractivity contribution is 6.02. The van der Waals surface area contributed by atoms with Crippen LogP contribution in [0.25, 0.3) is 11.3 Å². The molecule has 2 aromatic heterocycles. The lowest BCUT2D eigenvalue weighted by Crippen LogP contribution is -2.25. The van der Waals surface area contributed by atoms with Crippen LogP contribution in [0.3, 0.4) is 0 Å². The summed E-state index contributed by atoms with van der Waals surface area (Å²) >= 11 is 0. The number of anilines is 1. The summed E-state index contributed by atoms with van der Waals surface area (Å²) in [6, 6.07) is 11.7. The molecule has 0 saturated heterocycles. The Morgan fingerprint density at radius 3 is 2.48 bits per heavy atom. The molecule has 0 aliphatic heterocycles. The lowest BCUT2D eigenvalue weighted by atomic mass is 10.0. The zero-order valence-electron chi connectivity index (χ0n) is 17.4. The Morgan fingerprint density at radius 2 is 1.87 bits per heavy atom. The second kappa shape index (κ2) is 9.17. The molecule has 0 fully saturated rings. The number of carbonyl (C=O) groups excluding carboxylic acids is 2. The van der Waals surface area contributed by atoms with Crippen molar-refractivity contribution >= 4 is 23.5 Å². The number of pyridine rings is 2. The third-order valence-corrected chi connectivity index (χ3v) is 4.94. The van der Waals surface area contributed by atoms with Crippen molar-refractivity contribution in [3.8, 4) is 11.3 Å². The lowest BCUT2D eigenvalue weighted by molar-refractivity contribution is -0.116. The maximum atomic E-state index is 12.4. The third-order valence-electron chi connectivity index (χ3n) is 4.94. The minimum atomic E-state index is -1.15. The first-order chi connectivity index (χ1) is 14.8. The second-order valence-corrected chi connectivity index (χ2v) is 6.98. The molecule has 31 heavy (non-hydrogen) atoms. The van der Waals surface area contributed by atoms with E-state index in [2.05, 4.69) is 15.3 Å². The minimum Gasteiger partial charge on any atom is -0.478 e. The number of aromatic nitrogens is 2. The molecule has 0 unspecified atom stereocenters. The smallest absolute Gasteiger partial charge is 0.337 e. The topological polar surface area (TPSA) is 112 Å². The van der Waals surface area contributed by atoms with E-state index in [1.807, 2.05) is 19.1 Å². The normalized spacial score (nSPS) is 10.4. The molecule has 0 aliphatic rings. The van der Waals surface area contributed by atoms with Crippen LogP contribution in [0.2, 0.25) is 0 Å². The zero-order valence-corrected chi connectivity index (χ0v) is 17.4. The number of carboxylic acid groups (broad SMARTS) is 1. The predicted octanol–water partition coefficient (Wildman–Crippen LogP) is 3.06. The van der Waals surface area contributed by atoms with E-state index >= 15 is 0 Å². The molecule has 1 aromatic carbocycles. The lowest BCUT2D eigenvalue weighted by Gasteiger charge is -2.18. The van der Waals surface area contributed by atoms with Gasteiger partial charge in [-0.05, 0) is 42.8 Å². The highest BCUT2D eigenvalue weighted by atomic mass is 16.4. The van der Waals surface area contributed by atoms with Gasteiger partial charge in [-0.3, -0.25) is 19.6 Å². The molecular formula is C23H22N4O4. The average Bonchev–Trinajstić information content (AvgIpc) is 2.77. The number of rotatable bonds is 6. The Morgan fingerprint density at radius 1 is 1.10 bits per heavy atom. The number of nitrogens with one attached hydrogen (secondary N) is 1. The van der Waals surface area contributed by atoms with Gasteiger partial charge >= 0.3 is 5.97 Å². The van der Waals surface area contributed by atoms with Crippen molar-refractivity contribution in [1.82, 2.24) is 15.3 Å². The number of aryl methyl sites for hydroxylation is 1. The van der Waals surface area contributed by atoms with E-state index < -0.39 is 5.97 Å². The predicted molar refractivity (Wildman–Crippen MR) is 116 cm³/mol. The van der Waals surface area contributed by atoms with Gasteiger partial charge in [0.2, 0.25) is 5.91 Å². The van der Waals surface area contributed by atoms with Gasteiger partial charge in [0.05, 0.1) is 22.5 Å². The van der Waals surface area contributed by atoms with Gasteiger partial charge in [0, 0.05) is 44.2 Å². The molecule has 0 saturated carbocycles. The molecule has 2 N–H and O–H groups in total. The van der Waals surface area contributed by atoms with Crippen molar-refractivity contribution in [2.24, 2.45) is 0 Å². The van der Waals surface area contributed by atoms with E-state index in [-0.39, 0.29) is 17.4 Å². The second-order valence-electron chi connectivity index (χ2n) is 6.98. The molecule has 3 rings (SSSR count). The molecular weight excluding hydrogens is 396 g/mol. The van der Waals surface area contributed by atoms with Crippen LogP contribution in [0.1, 0.15) is 38.9 Å². The highest BCUT2D eigenvalue weighted by Crippen LogP contribution is 2.26.